The van der Waals surface area contributed by atoms with Crippen LogP contribution in [0.3, 0.4) is 0 Å². The number of ether oxygens (including phenoxy) is 7. The van der Waals surface area contributed by atoms with Crippen molar-refractivity contribution in [3.8, 4) is 0 Å². The molecule has 28 atom stereocenters. The zero-order chi connectivity index (χ0) is 46.4. The number of aliphatic hydroxyl groups excluding tert-OH is 11. The van der Waals surface area contributed by atoms with E-state index in [1.807, 2.05) is 13.8 Å². The minimum absolute atomic E-state index is 0.0842. The Morgan fingerprint density at radius 2 is 1.31 bits per heavy atom. The van der Waals surface area contributed by atoms with E-state index in [0.717, 1.165) is 25.7 Å². The molecule has 12 N–H and O–H groups in total. The Morgan fingerprint density at radius 1 is 0.672 bits per heavy atom. The highest BCUT2D eigenvalue weighted by Gasteiger charge is 2.72. The molecule has 8 aliphatic rings. The van der Waals surface area contributed by atoms with Gasteiger partial charge in [0.15, 0.2) is 24.7 Å². The van der Waals surface area contributed by atoms with Crippen molar-refractivity contribution in [1.82, 2.24) is 0 Å². The first-order valence-corrected chi connectivity index (χ1v) is 23.8. The highest BCUT2D eigenvalue weighted by Crippen LogP contribution is 2.71. The Kier molecular flexibility index (Phi) is 14.6. The second-order valence-corrected chi connectivity index (χ2v) is 21.5. The van der Waals surface area contributed by atoms with Crippen LogP contribution in [0.25, 0.3) is 0 Å². The largest absolute Gasteiger partial charge is 0.394 e. The molecule has 1 unspecified atom stereocenters. The molecule has 19 nitrogen and oxygen atoms in total. The Hall–Kier alpha value is -0.760. The molecule has 4 aliphatic carbocycles. The van der Waals surface area contributed by atoms with Crippen LogP contribution in [0, 0.1) is 52.3 Å². The van der Waals surface area contributed by atoms with Crippen LogP contribution in [0.5, 0.6) is 0 Å². The lowest BCUT2D eigenvalue weighted by molar-refractivity contribution is -0.368. The fraction of sp³-hybridized carbons (Fsp3) is 1.00. The summed E-state index contributed by atoms with van der Waals surface area (Å²) < 4.78 is 42.9. The Balaban J connectivity index is 1.02. The van der Waals surface area contributed by atoms with Crippen molar-refractivity contribution >= 4 is 0 Å². The molecular formula is C45H76O19. The lowest BCUT2D eigenvalue weighted by Gasteiger charge is -2.63. The van der Waals surface area contributed by atoms with Crippen LogP contribution < -0.4 is 0 Å². The predicted octanol–water partition coefficient (Wildman–Crippen LogP) is -1.78. The van der Waals surface area contributed by atoms with E-state index in [9.17, 15) is 61.3 Å². The molecule has 0 aromatic rings. The van der Waals surface area contributed by atoms with Crippen molar-refractivity contribution in [3.05, 3.63) is 0 Å². The second kappa shape index (κ2) is 18.9. The van der Waals surface area contributed by atoms with Crippen LogP contribution in [0.15, 0.2) is 0 Å². The minimum Gasteiger partial charge on any atom is -0.394 e. The van der Waals surface area contributed by atoms with Crippen molar-refractivity contribution < 1.29 is 94.4 Å². The van der Waals surface area contributed by atoms with Crippen molar-refractivity contribution in [2.24, 2.45) is 52.3 Å². The maximum Gasteiger partial charge on any atom is 0.187 e. The second-order valence-electron chi connectivity index (χ2n) is 21.5. The molecule has 4 saturated carbocycles. The summed E-state index contributed by atoms with van der Waals surface area (Å²) in [4.78, 5) is 0. The van der Waals surface area contributed by atoms with Crippen LogP contribution in [0.4, 0.5) is 0 Å². The molecule has 4 saturated heterocycles. The first-order valence-electron chi connectivity index (χ1n) is 23.8. The number of hydrogen-bond acceptors (Lipinski definition) is 19. The maximum absolute atomic E-state index is 12.4. The van der Waals surface area contributed by atoms with Crippen LogP contribution in [-0.2, 0) is 33.2 Å². The van der Waals surface area contributed by atoms with Gasteiger partial charge in [0.25, 0.3) is 0 Å². The van der Waals surface area contributed by atoms with Gasteiger partial charge < -0.3 is 94.4 Å². The van der Waals surface area contributed by atoms with Gasteiger partial charge in [-0.3, -0.25) is 0 Å². The van der Waals surface area contributed by atoms with Gasteiger partial charge in [-0.1, -0.05) is 27.7 Å². The molecule has 0 aromatic carbocycles. The fourth-order valence-corrected chi connectivity index (χ4v) is 14.1. The van der Waals surface area contributed by atoms with Crippen molar-refractivity contribution in [3.63, 3.8) is 0 Å². The summed E-state index contributed by atoms with van der Waals surface area (Å²) in [6.07, 6.45) is -16.8. The molecule has 370 valence electrons. The summed E-state index contributed by atoms with van der Waals surface area (Å²) in [7, 11) is 0. The van der Waals surface area contributed by atoms with E-state index in [-0.39, 0.29) is 60.2 Å². The molecule has 0 aromatic heterocycles. The zero-order valence-electron chi connectivity index (χ0n) is 37.6. The number of fused-ring (bicyclic) bond motifs is 7. The fourth-order valence-electron chi connectivity index (χ4n) is 14.1. The Labute approximate surface area is 374 Å². The maximum atomic E-state index is 12.4. The molecule has 8 rings (SSSR count). The van der Waals surface area contributed by atoms with Gasteiger partial charge in [0.05, 0.1) is 44.2 Å². The summed E-state index contributed by atoms with van der Waals surface area (Å²) in [6, 6.07) is 0. The molecule has 4 heterocycles. The number of aliphatic hydroxyl groups is 12. The van der Waals surface area contributed by atoms with E-state index in [1.54, 1.807) is 0 Å². The van der Waals surface area contributed by atoms with Gasteiger partial charge >= 0.3 is 0 Å². The summed E-state index contributed by atoms with van der Waals surface area (Å²) in [5.74, 6) is -1.42. The molecule has 0 amide bonds. The highest BCUT2D eigenvalue weighted by atomic mass is 16.7. The highest BCUT2D eigenvalue weighted by molar-refractivity contribution is 5.18. The normalized spacial score (nSPS) is 56.8. The standard InChI is InChI=1S/C45H76O19/c1-18(17-58-40-36(54)35(53)32(50)27(15-46)60-40)8-11-45(57)19(2)30-26(64-45)13-25-23-7-6-21-12-22(48)9-10-43(21,4)24(23)14-29(44(25,30)5)62-42-38(56)39(33(51)28(16-47)61-42)63-41-37(55)34(52)31(49)20(3)59-41/h18-42,46-57H,6-17H2,1-5H3/t18-,19-,20-,21+,22-,23+,24-,25-,26-,27+,28+,29?,30-,31-,32+,33+,34+,35-,36+,37+,38+,39-,40+,41-,42-,43-,44+,45+/m0/s1. The minimum atomic E-state index is -1.72. The van der Waals surface area contributed by atoms with Crippen molar-refractivity contribution in [1.29, 1.82) is 0 Å². The smallest absolute Gasteiger partial charge is 0.187 e. The molecule has 8 fully saturated rings. The lowest BCUT2D eigenvalue weighted by Crippen LogP contribution is -2.66. The first-order chi connectivity index (χ1) is 30.2. The van der Waals surface area contributed by atoms with E-state index in [0.29, 0.717) is 37.5 Å². The molecular weight excluding hydrogens is 844 g/mol. The van der Waals surface area contributed by atoms with E-state index in [2.05, 4.69) is 13.8 Å². The molecule has 19 heteroatoms. The monoisotopic (exact) mass is 920 g/mol. The van der Waals surface area contributed by atoms with Crippen LogP contribution >= 0.6 is 0 Å². The van der Waals surface area contributed by atoms with Crippen molar-refractivity contribution in [2.75, 3.05) is 19.8 Å². The average Bonchev–Trinajstić information content (AvgIpc) is 3.71. The van der Waals surface area contributed by atoms with E-state index in [1.165, 1.54) is 6.92 Å². The number of hydrogen-bond donors (Lipinski definition) is 12. The predicted molar refractivity (Wildman–Crippen MR) is 219 cm³/mol. The quantitative estimate of drug-likeness (QED) is 0.0964. The summed E-state index contributed by atoms with van der Waals surface area (Å²) in [6.45, 7) is 8.76. The zero-order valence-corrected chi connectivity index (χ0v) is 37.6. The van der Waals surface area contributed by atoms with Gasteiger partial charge in [0, 0.05) is 23.7 Å². The first kappa shape index (κ1) is 49.7. The average molecular weight is 921 g/mol. The van der Waals surface area contributed by atoms with Gasteiger partial charge in [-0.15, -0.1) is 0 Å². The molecule has 0 radical (unpaired) electrons. The van der Waals surface area contributed by atoms with E-state index >= 15 is 0 Å². The third kappa shape index (κ3) is 8.44. The van der Waals surface area contributed by atoms with Crippen LogP contribution in [-0.4, -0.2) is 197 Å². The SMILES string of the molecule is C[C@@H](CC[C@@]1(O)O[C@H]2C[C@H]3[C@@H]4CC[C@@H]5C[C@@H](O)CC[C@]5(C)[C@H]4CC(O[C@@H]4O[C@H](CO)[C@@H](O)[C@H](O[C@@H]5O[C@@H](C)[C@H](O)[C@@H](O)[C@H]5O)[C@H]4O)[C@]3(C)[C@H]2[C@@H]1C)CO[C@@H]1O[C@H](CO)[C@@H](O)[C@H](O)[C@H]1O. The van der Waals surface area contributed by atoms with Crippen molar-refractivity contribution in [2.45, 2.75) is 209 Å². The third-order valence-corrected chi connectivity index (χ3v) is 18.0. The Bertz CT molecular complexity index is 1580. The third-order valence-electron chi connectivity index (χ3n) is 18.0. The van der Waals surface area contributed by atoms with E-state index in [4.69, 9.17) is 33.2 Å². The van der Waals surface area contributed by atoms with Gasteiger partial charge in [-0.2, -0.15) is 0 Å². The lowest BCUT2D eigenvalue weighted by atomic mass is 9.43. The number of rotatable bonds is 12. The topological polar surface area (TPSA) is 307 Å². The molecule has 64 heavy (non-hydrogen) atoms. The molecule has 0 bridgehead atoms. The molecule has 4 aliphatic heterocycles. The van der Waals surface area contributed by atoms with Gasteiger partial charge in [-0.25, -0.2) is 0 Å². The summed E-state index contributed by atoms with van der Waals surface area (Å²) >= 11 is 0. The van der Waals surface area contributed by atoms with Gasteiger partial charge in [0.2, 0.25) is 0 Å². The van der Waals surface area contributed by atoms with Gasteiger partial charge in [-0.05, 0) is 93.3 Å². The Morgan fingerprint density at radius 3 is 2.02 bits per heavy atom. The van der Waals surface area contributed by atoms with Gasteiger partial charge in [0.1, 0.15) is 67.1 Å². The summed E-state index contributed by atoms with van der Waals surface area (Å²) in [5.41, 5.74) is -0.727. The summed E-state index contributed by atoms with van der Waals surface area (Å²) in [5, 5.41) is 129. The van der Waals surface area contributed by atoms with E-state index < -0.39 is 123 Å². The van der Waals surface area contributed by atoms with Crippen LogP contribution in [0.2, 0.25) is 0 Å². The van der Waals surface area contributed by atoms with Crippen LogP contribution in [0.1, 0.15) is 92.4 Å². The molecule has 0 spiro atoms.